The molecule has 0 aliphatic carbocycles. The van der Waals surface area contributed by atoms with Gasteiger partial charge in [-0.25, -0.2) is 4.98 Å². The summed E-state index contributed by atoms with van der Waals surface area (Å²) in [6, 6.07) is 17.1. The zero-order chi connectivity index (χ0) is 25.2. The highest BCUT2D eigenvalue weighted by Gasteiger charge is 2.35. The third-order valence-electron chi connectivity index (χ3n) is 6.30. The van der Waals surface area contributed by atoms with Gasteiger partial charge in [0, 0.05) is 22.8 Å². The van der Waals surface area contributed by atoms with Gasteiger partial charge in [-0.15, -0.1) is 11.3 Å². The number of hydrogen-bond acceptors (Lipinski definition) is 6. The lowest BCUT2D eigenvalue weighted by Crippen LogP contribution is -2.48. The van der Waals surface area contributed by atoms with Crippen molar-refractivity contribution in [2.75, 3.05) is 16.8 Å². The first-order valence-corrected chi connectivity index (χ1v) is 12.7. The van der Waals surface area contributed by atoms with Gasteiger partial charge in [0.1, 0.15) is 17.3 Å². The molecule has 2 aromatic carbocycles. The molecule has 3 heterocycles. The number of aryl methyl sites for hydroxylation is 1. The lowest BCUT2D eigenvalue weighted by Gasteiger charge is -2.34. The van der Waals surface area contributed by atoms with Crippen molar-refractivity contribution in [2.45, 2.75) is 33.3 Å². The third kappa shape index (κ3) is 4.59. The standard InChI is InChI=1S/C28H26N4O3S/c1-4-24-28(34)32(15-26(33)30-20-10-7-8-17(2)18(20)3)23-14-19(11-12-25(23)35-24)22-16-36-27(31-22)21-9-5-6-13-29-21/h5-14,16,24H,4,15H2,1-3H3,(H,30,33). The van der Waals surface area contributed by atoms with Gasteiger partial charge in [-0.3, -0.25) is 19.5 Å². The van der Waals surface area contributed by atoms with Crippen LogP contribution in [0, 0.1) is 13.8 Å². The zero-order valence-corrected chi connectivity index (χ0v) is 21.1. The lowest BCUT2D eigenvalue weighted by molar-refractivity contribution is -0.128. The number of thiazole rings is 1. The van der Waals surface area contributed by atoms with Crippen molar-refractivity contribution in [2.24, 2.45) is 0 Å². The van der Waals surface area contributed by atoms with Crippen LogP contribution in [0.3, 0.4) is 0 Å². The van der Waals surface area contributed by atoms with Gasteiger partial charge in [0.25, 0.3) is 5.91 Å². The summed E-state index contributed by atoms with van der Waals surface area (Å²) in [7, 11) is 0. The Morgan fingerprint density at radius 1 is 1.11 bits per heavy atom. The number of carbonyl (C=O) groups is 2. The molecule has 2 aromatic heterocycles. The van der Waals surface area contributed by atoms with Crippen LogP contribution < -0.4 is 15.0 Å². The minimum atomic E-state index is -0.633. The molecule has 1 aliphatic rings. The molecule has 0 fully saturated rings. The lowest BCUT2D eigenvalue weighted by atomic mass is 10.1. The molecule has 1 aliphatic heterocycles. The smallest absolute Gasteiger partial charge is 0.268 e. The average molecular weight is 499 g/mol. The molecule has 1 unspecified atom stereocenters. The van der Waals surface area contributed by atoms with E-state index in [4.69, 9.17) is 9.72 Å². The van der Waals surface area contributed by atoms with Crippen molar-refractivity contribution in [1.29, 1.82) is 0 Å². The van der Waals surface area contributed by atoms with Gasteiger partial charge in [-0.1, -0.05) is 25.1 Å². The molecular weight excluding hydrogens is 472 g/mol. The van der Waals surface area contributed by atoms with Crippen LogP contribution in [0.1, 0.15) is 24.5 Å². The number of amides is 2. The second kappa shape index (κ2) is 9.91. The number of nitrogens with one attached hydrogen (secondary N) is 1. The van der Waals surface area contributed by atoms with Gasteiger partial charge in [0.2, 0.25) is 5.91 Å². The number of rotatable bonds is 6. The minimum Gasteiger partial charge on any atom is -0.478 e. The molecule has 182 valence electrons. The van der Waals surface area contributed by atoms with Crippen LogP contribution in [0.25, 0.3) is 22.0 Å². The topological polar surface area (TPSA) is 84.4 Å². The van der Waals surface area contributed by atoms with E-state index in [1.54, 1.807) is 6.20 Å². The van der Waals surface area contributed by atoms with E-state index in [1.807, 2.05) is 80.7 Å². The van der Waals surface area contributed by atoms with Crippen molar-refractivity contribution >= 4 is 34.5 Å². The van der Waals surface area contributed by atoms with E-state index in [1.165, 1.54) is 16.2 Å². The molecular formula is C28H26N4O3S. The number of pyridine rings is 1. The summed E-state index contributed by atoms with van der Waals surface area (Å²) in [6.45, 7) is 5.74. The number of nitrogens with zero attached hydrogens (tertiary/aromatic N) is 3. The first-order chi connectivity index (χ1) is 17.4. The Hall–Kier alpha value is -4.04. The van der Waals surface area contributed by atoms with Crippen molar-refractivity contribution in [3.05, 3.63) is 77.3 Å². The van der Waals surface area contributed by atoms with Gasteiger partial charge in [0.05, 0.1) is 17.1 Å². The van der Waals surface area contributed by atoms with Gasteiger partial charge in [0.15, 0.2) is 6.10 Å². The normalized spacial score (nSPS) is 14.8. The molecule has 0 bridgehead atoms. The summed E-state index contributed by atoms with van der Waals surface area (Å²) in [4.78, 5) is 36.9. The van der Waals surface area contributed by atoms with Gasteiger partial charge in [-0.05, 0) is 67.8 Å². The number of hydrogen-bond donors (Lipinski definition) is 1. The number of carbonyl (C=O) groups excluding carboxylic acids is 2. The number of fused-ring (bicyclic) bond motifs is 1. The molecule has 0 saturated carbocycles. The van der Waals surface area contributed by atoms with E-state index in [2.05, 4.69) is 10.3 Å². The van der Waals surface area contributed by atoms with E-state index in [-0.39, 0.29) is 18.4 Å². The van der Waals surface area contributed by atoms with Crippen LogP contribution >= 0.6 is 11.3 Å². The highest BCUT2D eigenvalue weighted by atomic mass is 32.1. The zero-order valence-electron chi connectivity index (χ0n) is 20.3. The largest absolute Gasteiger partial charge is 0.478 e. The summed E-state index contributed by atoms with van der Waals surface area (Å²) < 4.78 is 5.97. The van der Waals surface area contributed by atoms with Crippen molar-refractivity contribution in [1.82, 2.24) is 9.97 Å². The summed E-state index contributed by atoms with van der Waals surface area (Å²) in [6.07, 6.45) is 1.62. The first kappa shape index (κ1) is 23.7. The molecule has 4 aromatic rings. The predicted molar refractivity (Wildman–Crippen MR) is 142 cm³/mol. The second-order valence-corrected chi connectivity index (χ2v) is 9.53. The fraction of sp³-hybridized carbons (Fsp3) is 0.214. The van der Waals surface area contributed by atoms with Crippen molar-refractivity contribution in [3.8, 4) is 27.7 Å². The van der Waals surface area contributed by atoms with E-state index in [0.29, 0.717) is 17.9 Å². The molecule has 0 radical (unpaired) electrons. The number of aromatic nitrogens is 2. The first-order valence-electron chi connectivity index (χ1n) is 11.8. The number of benzene rings is 2. The Morgan fingerprint density at radius 2 is 1.97 bits per heavy atom. The van der Waals surface area contributed by atoms with E-state index in [0.717, 1.165) is 38.8 Å². The molecule has 5 rings (SSSR count). The van der Waals surface area contributed by atoms with Crippen molar-refractivity contribution in [3.63, 3.8) is 0 Å². The van der Waals surface area contributed by atoms with E-state index >= 15 is 0 Å². The van der Waals surface area contributed by atoms with Crippen LogP contribution in [0.2, 0.25) is 0 Å². The highest BCUT2D eigenvalue weighted by Crippen LogP contribution is 2.39. The Labute approximate surface area is 213 Å². The highest BCUT2D eigenvalue weighted by molar-refractivity contribution is 7.13. The van der Waals surface area contributed by atoms with Crippen LogP contribution in [-0.2, 0) is 9.59 Å². The van der Waals surface area contributed by atoms with Gasteiger partial charge in [-0.2, -0.15) is 0 Å². The van der Waals surface area contributed by atoms with E-state index in [9.17, 15) is 9.59 Å². The molecule has 1 atom stereocenters. The Morgan fingerprint density at radius 3 is 2.75 bits per heavy atom. The maximum absolute atomic E-state index is 13.3. The van der Waals surface area contributed by atoms with Crippen molar-refractivity contribution < 1.29 is 14.3 Å². The minimum absolute atomic E-state index is 0.112. The number of anilines is 2. The SMILES string of the molecule is CCC1Oc2ccc(-c3csc(-c4ccccn4)n3)cc2N(CC(=O)Nc2cccc(C)c2C)C1=O. The fourth-order valence-corrected chi connectivity index (χ4v) is 4.94. The summed E-state index contributed by atoms with van der Waals surface area (Å²) >= 11 is 1.51. The van der Waals surface area contributed by atoms with Gasteiger partial charge < -0.3 is 10.1 Å². The quantitative estimate of drug-likeness (QED) is 0.372. The third-order valence-corrected chi connectivity index (χ3v) is 7.16. The fourth-order valence-electron chi connectivity index (χ4n) is 4.14. The van der Waals surface area contributed by atoms with E-state index < -0.39 is 6.10 Å². The Balaban J connectivity index is 1.45. The van der Waals surface area contributed by atoms with Crippen LogP contribution in [0.4, 0.5) is 11.4 Å². The molecule has 0 saturated heterocycles. The molecule has 1 N–H and O–H groups in total. The molecule has 36 heavy (non-hydrogen) atoms. The maximum atomic E-state index is 13.3. The van der Waals surface area contributed by atoms with Gasteiger partial charge >= 0.3 is 0 Å². The maximum Gasteiger partial charge on any atom is 0.268 e. The Bertz CT molecular complexity index is 1430. The second-order valence-electron chi connectivity index (χ2n) is 8.67. The van der Waals surface area contributed by atoms with Crippen LogP contribution in [-0.4, -0.2) is 34.4 Å². The van der Waals surface area contributed by atoms with Crippen LogP contribution in [0.15, 0.2) is 66.2 Å². The van der Waals surface area contributed by atoms with Crippen LogP contribution in [0.5, 0.6) is 5.75 Å². The molecule has 2 amide bonds. The summed E-state index contributed by atoms with van der Waals surface area (Å²) in [5.74, 6) is 0.0758. The average Bonchev–Trinajstić information content (AvgIpc) is 3.39. The summed E-state index contributed by atoms with van der Waals surface area (Å²) in [5.41, 5.74) is 5.80. The molecule has 7 nitrogen and oxygen atoms in total. The monoisotopic (exact) mass is 498 g/mol. The number of ether oxygens (including phenoxy) is 1. The summed E-state index contributed by atoms with van der Waals surface area (Å²) in [5, 5.41) is 5.73. The Kier molecular flexibility index (Phi) is 6.52. The molecule has 8 heteroatoms. The predicted octanol–water partition coefficient (Wildman–Crippen LogP) is 5.63. The molecule has 0 spiro atoms.